The number of thioether (sulfide) groups is 1. The first-order chi connectivity index (χ1) is 15.0. The van der Waals surface area contributed by atoms with E-state index in [4.69, 9.17) is 34.8 Å². The lowest BCUT2D eigenvalue weighted by molar-refractivity contribution is -0.140. The molecule has 32 heavy (non-hydrogen) atoms. The molecule has 0 radical (unpaired) electrons. The number of nitrogens with zero attached hydrogens (tertiary/aromatic N) is 1. The molecule has 0 fully saturated rings. The quantitative estimate of drug-likeness (QED) is 0.409. The third kappa shape index (κ3) is 8.18. The predicted octanol–water partition coefficient (Wildman–Crippen LogP) is 6.60. The Kier molecular flexibility index (Phi) is 10.2. The highest BCUT2D eigenvalue weighted by atomic mass is 35.5. The van der Waals surface area contributed by atoms with Gasteiger partial charge >= 0.3 is 0 Å². The Morgan fingerprint density at radius 1 is 1.03 bits per heavy atom. The predicted molar refractivity (Wildman–Crippen MR) is 137 cm³/mol. The largest absolute Gasteiger partial charge is 0.350 e. The molecule has 4 nitrogen and oxygen atoms in total. The Labute approximate surface area is 210 Å². The van der Waals surface area contributed by atoms with E-state index in [0.29, 0.717) is 27.2 Å². The summed E-state index contributed by atoms with van der Waals surface area (Å²) < 4.78 is 0. The summed E-state index contributed by atoms with van der Waals surface area (Å²) in [4.78, 5) is 27.9. The molecule has 0 spiro atoms. The number of nitrogens with one attached hydrogen (secondary N) is 1. The number of amides is 2. The summed E-state index contributed by atoms with van der Waals surface area (Å²) in [6.07, 6.45) is 0.490. The lowest BCUT2D eigenvalue weighted by Gasteiger charge is -2.33. The van der Waals surface area contributed by atoms with Crippen molar-refractivity contribution in [1.82, 2.24) is 10.2 Å². The van der Waals surface area contributed by atoms with Crippen LogP contribution < -0.4 is 5.32 Å². The number of halogens is 3. The van der Waals surface area contributed by atoms with Gasteiger partial charge in [-0.2, -0.15) is 0 Å². The zero-order valence-corrected chi connectivity index (χ0v) is 21.8. The molecule has 1 atom stereocenters. The summed E-state index contributed by atoms with van der Waals surface area (Å²) in [5, 5.41) is 4.53. The molecular weight excluding hydrogens is 487 g/mol. The van der Waals surface area contributed by atoms with E-state index >= 15 is 0 Å². The number of hydrogen-bond acceptors (Lipinski definition) is 3. The molecule has 2 aromatic carbocycles. The summed E-state index contributed by atoms with van der Waals surface area (Å²) in [5.74, 6) is 0.539. The van der Waals surface area contributed by atoms with Crippen LogP contribution in [0.2, 0.25) is 15.1 Å². The summed E-state index contributed by atoms with van der Waals surface area (Å²) in [6, 6.07) is 12.2. The second-order valence-electron chi connectivity index (χ2n) is 8.52. The molecule has 8 heteroatoms. The maximum Gasteiger partial charge on any atom is 0.243 e. The van der Waals surface area contributed by atoms with Crippen LogP contribution in [0.1, 0.15) is 45.2 Å². The van der Waals surface area contributed by atoms with Crippen LogP contribution in [0.5, 0.6) is 0 Å². The van der Waals surface area contributed by atoms with Crippen LogP contribution >= 0.6 is 46.6 Å². The number of hydrogen-bond donors (Lipinski definition) is 1. The molecule has 0 aliphatic carbocycles. The van der Waals surface area contributed by atoms with Crippen molar-refractivity contribution in [2.45, 2.75) is 58.0 Å². The fourth-order valence-electron chi connectivity index (χ4n) is 3.15. The van der Waals surface area contributed by atoms with E-state index in [1.54, 1.807) is 17.0 Å². The molecule has 174 valence electrons. The molecule has 0 saturated carbocycles. The van der Waals surface area contributed by atoms with Gasteiger partial charge in [-0.15, -0.1) is 11.8 Å². The minimum Gasteiger partial charge on any atom is -0.350 e. The van der Waals surface area contributed by atoms with Gasteiger partial charge in [0.05, 0.1) is 15.8 Å². The van der Waals surface area contributed by atoms with Gasteiger partial charge in [-0.25, -0.2) is 0 Å². The Hall–Kier alpha value is -1.40. The monoisotopic (exact) mass is 514 g/mol. The first kappa shape index (κ1) is 26.8. The molecule has 1 N–H and O–H groups in total. The highest BCUT2D eigenvalue weighted by Gasteiger charge is 2.30. The van der Waals surface area contributed by atoms with Crippen molar-refractivity contribution < 1.29 is 9.59 Å². The van der Waals surface area contributed by atoms with Crippen molar-refractivity contribution in [3.05, 3.63) is 68.7 Å². The average molecular weight is 516 g/mol. The van der Waals surface area contributed by atoms with Crippen molar-refractivity contribution in [3.63, 3.8) is 0 Å². The lowest BCUT2D eigenvalue weighted by Crippen LogP contribution is -2.53. The standard InChI is InChI=1S/C24H29Cl3N2O2S/c1-5-21(23(31)28-24(2,3)4)29(13-16-10-11-19(26)20(27)12-16)22(30)15-32-14-17-8-6-7-9-18(17)25/h6-12,21H,5,13-15H2,1-4H3,(H,28,31)/t21-/m0/s1. The van der Waals surface area contributed by atoms with E-state index in [9.17, 15) is 9.59 Å². The van der Waals surface area contributed by atoms with Gasteiger partial charge in [-0.05, 0) is 56.5 Å². The topological polar surface area (TPSA) is 49.4 Å². The Balaban J connectivity index is 2.20. The SMILES string of the molecule is CC[C@@H](C(=O)NC(C)(C)C)N(Cc1ccc(Cl)c(Cl)c1)C(=O)CSCc1ccccc1Cl. The van der Waals surface area contributed by atoms with Gasteiger partial charge in [0, 0.05) is 22.9 Å². The summed E-state index contributed by atoms with van der Waals surface area (Å²) in [7, 11) is 0. The Morgan fingerprint density at radius 2 is 1.72 bits per heavy atom. The van der Waals surface area contributed by atoms with E-state index in [0.717, 1.165) is 11.1 Å². The third-order valence-corrected chi connectivity index (χ3v) is 6.74. The van der Waals surface area contributed by atoms with Crippen molar-refractivity contribution >= 4 is 58.4 Å². The highest BCUT2D eigenvalue weighted by molar-refractivity contribution is 7.99. The molecule has 0 saturated heterocycles. The van der Waals surface area contributed by atoms with Gasteiger partial charge in [-0.1, -0.05) is 66.0 Å². The summed E-state index contributed by atoms with van der Waals surface area (Å²) in [6.45, 7) is 7.92. The maximum absolute atomic E-state index is 13.3. The van der Waals surface area contributed by atoms with Gasteiger partial charge in [0.25, 0.3) is 0 Å². The van der Waals surface area contributed by atoms with E-state index in [1.165, 1.54) is 11.8 Å². The molecule has 0 aromatic heterocycles. The molecular formula is C24H29Cl3N2O2S. The molecule has 2 rings (SSSR count). The van der Waals surface area contributed by atoms with Crippen LogP contribution in [-0.4, -0.2) is 34.0 Å². The number of rotatable bonds is 9. The Bertz CT molecular complexity index is 947. The van der Waals surface area contributed by atoms with Crippen molar-refractivity contribution in [3.8, 4) is 0 Å². The molecule has 2 amide bonds. The first-order valence-electron chi connectivity index (χ1n) is 10.4. The molecule has 0 heterocycles. The molecule has 0 unspecified atom stereocenters. The zero-order chi connectivity index (χ0) is 23.9. The normalized spacial score (nSPS) is 12.3. The minimum absolute atomic E-state index is 0.121. The molecule has 0 aliphatic rings. The minimum atomic E-state index is -0.600. The van der Waals surface area contributed by atoms with Crippen LogP contribution in [0.15, 0.2) is 42.5 Å². The lowest BCUT2D eigenvalue weighted by atomic mass is 10.1. The van der Waals surface area contributed by atoms with Crippen LogP contribution in [0.25, 0.3) is 0 Å². The summed E-state index contributed by atoms with van der Waals surface area (Å²) >= 11 is 19.9. The van der Waals surface area contributed by atoms with E-state index < -0.39 is 11.6 Å². The van der Waals surface area contributed by atoms with Crippen LogP contribution in [-0.2, 0) is 21.9 Å². The van der Waals surface area contributed by atoms with Crippen molar-refractivity contribution in [2.24, 2.45) is 0 Å². The first-order valence-corrected chi connectivity index (χ1v) is 12.7. The molecule has 0 bridgehead atoms. The Morgan fingerprint density at radius 3 is 2.31 bits per heavy atom. The van der Waals surface area contributed by atoms with Crippen molar-refractivity contribution in [1.29, 1.82) is 0 Å². The zero-order valence-electron chi connectivity index (χ0n) is 18.8. The van der Waals surface area contributed by atoms with Crippen LogP contribution in [0.3, 0.4) is 0 Å². The van der Waals surface area contributed by atoms with Gasteiger partial charge in [0.15, 0.2) is 0 Å². The van der Waals surface area contributed by atoms with Gasteiger partial charge in [0.1, 0.15) is 6.04 Å². The van der Waals surface area contributed by atoms with Gasteiger partial charge in [-0.3, -0.25) is 9.59 Å². The van der Waals surface area contributed by atoms with Gasteiger partial charge in [0.2, 0.25) is 11.8 Å². The third-order valence-electron chi connectivity index (χ3n) is 4.66. The number of benzene rings is 2. The van der Waals surface area contributed by atoms with Crippen LogP contribution in [0.4, 0.5) is 0 Å². The number of carbonyl (C=O) groups excluding carboxylic acids is 2. The smallest absolute Gasteiger partial charge is 0.243 e. The van der Waals surface area contributed by atoms with E-state index in [-0.39, 0.29) is 24.1 Å². The summed E-state index contributed by atoms with van der Waals surface area (Å²) in [5.41, 5.74) is 1.38. The molecule has 2 aromatic rings. The van der Waals surface area contributed by atoms with Crippen LogP contribution in [0, 0.1) is 0 Å². The second kappa shape index (κ2) is 12.2. The fraction of sp³-hybridized carbons (Fsp3) is 0.417. The highest BCUT2D eigenvalue weighted by Crippen LogP contribution is 2.25. The van der Waals surface area contributed by atoms with Crippen molar-refractivity contribution in [2.75, 3.05) is 5.75 Å². The average Bonchev–Trinajstić information content (AvgIpc) is 2.70. The number of carbonyl (C=O) groups is 2. The molecule has 0 aliphatic heterocycles. The second-order valence-corrected chi connectivity index (χ2v) is 10.7. The van der Waals surface area contributed by atoms with E-state index in [2.05, 4.69) is 5.32 Å². The maximum atomic E-state index is 13.3. The van der Waals surface area contributed by atoms with E-state index in [1.807, 2.05) is 58.0 Å². The van der Waals surface area contributed by atoms with Gasteiger partial charge < -0.3 is 10.2 Å². The fourth-order valence-corrected chi connectivity index (χ4v) is 4.67.